The zero-order valence-electron chi connectivity index (χ0n) is 9.09. The fourth-order valence-corrected chi connectivity index (χ4v) is 4.07. The van der Waals surface area contributed by atoms with E-state index in [4.69, 9.17) is 0 Å². The van der Waals surface area contributed by atoms with E-state index in [-0.39, 0.29) is 0 Å². The van der Waals surface area contributed by atoms with Gasteiger partial charge in [0.15, 0.2) is 0 Å². The first-order valence-corrected chi connectivity index (χ1v) is 5.84. The molecule has 0 spiro atoms. The molecule has 4 fully saturated rings. The molecule has 4 bridgehead atoms. The van der Waals surface area contributed by atoms with Gasteiger partial charge in [-0.25, -0.2) is 0 Å². The molecule has 1 aliphatic carbocycles. The number of rotatable bonds is 0. The third-order valence-corrected chi connectivity index (χ3v) is 5.39. The second-order valence-corrected chi connectivity index (χ2v) is 6.11. The smallest absolute Gasteiger partial charge is 0.0181 e. The average molecular weight is 179 g/mol. The fraction of sp³-hybridized carbons (Fsp3) is 1.00. The first-order valence-electron chi connectivity index (χ1n) is 5.84. The minimum absolute atomic E-state index is 0.521. The van der Waals surface area contributed by atoms with Crippen molar-refractivity contribution in [1.82, 2.24) is 4.90 Å². The summed E-state index contributed by atoms with van der Waals surface area (Å²) in [5.74, 6) is 4.08. The highest BCUT2D eigenvalue weighted by Gasteiger charge is 2.53. The summed E-state index contributed by atoms with van der Waals surface area (Å²) in [5, 5.41) is 0. The first kappa shape index (κ1) is 8.28. The van der Waals surface area contributed by atoms with Crippen molar-refractivity contribution in [3.05, 3.63) is 0 Å². The van der Waals surface area contributed by atoms with E-state index >= 15 is 0 Å². The van der Waals surface area contributed by atoms with E-state index < -0.39 is 0 Å². The SMILES string of the molecule is CC1C2CC3CC1CN(C2)C3(C)C. The van der Waals surface area contributed by atoms with Crippen LogP contribution >= 0.6 is 0 Å². The highest BCUT2D eigenvalue weighted by molar-refractivity contribution is 5.06. The molecule has 4 rings (SSSR count). The molecule has 0 N–H and O–H groups in total. The largest absolute Gasteiger partial charge is 0.297 e. The Hall–Kier alpha value is -0.0400. The number of hydrogen-bond acceptors (Lipinski definition) is 1. The van der Waals surface area contributed by atoms with E-state index in [0.29, 0.717) is 5.54 Å². The molecule has 0 aromatic rings. The van der Waals surface area contributed by atoms with Gasteiger partial charge in [0.1, 0.15) is 0 Å². The number of piperidine rings is 3. The van der Waals surface area contributed by atoms with E-state index in [1.54, 1.807) is 0 Å². The molecule has 3 heterocycles. The predicted octanol–water partition coefficient (Wildman–Crippen LogP) is 2.37. The van der Waals surface area contributed by atoms with Gasteiger partial charge < -0.3 is 0 Å². The van der Waals surface area contributed by atoms with E-state index in [1.807, 2.05) is 0 Å². The summed E-state index contributed by atoms with van der Waals surface area (Å²) < 4.78 is 0. The second-order valence-electron chi connectivity index (χ2n) is 6.11. The van der Waals surface area contributed by atoms with Gasteiger partial charge in [0.25, 0.3) is 0 Å². The van der Waals surface area contributed by atoms with Gasteiger partial charge in [-0.3, -0.25) is 4.90 Å². The standard InChI is InChI=1S/C12H21N/c1-8-9-4-11-5-10(8)7-13(6-9)12(11,2)3/h8-11H,4-7H2,1-3H3. The van der Waals surface area contributed by atoms with Crippen LogP contribution in [-0.2, 0) is 0 Å². The van der Waals surface area contributed by atoms with E-state index in [9.17, 15) is 0 Å². The van der Waals surface area contributed by atoms with Gasteiger partial charge >= 0.3 is 0 Å². The quantitative estimate of drug-likeness (QED) is 0.552. The Morgan fingerprint density at radius 2 is 1.62 bits per heavy atom. The molecule has 0 radical (unpaired) electrons. The van der Waals surface area contributed by atoms with Gasteiger partial charge in [-0.2, -0.15) is 0 Å². The average Bonchev–Trinajstić information content (AvgIpc) is 2.00. The molecule has 0 aromatic carbocycles. The molecule has 4 aliphatic rings. The Morgan fingerprint density at radius 1 is 1.08 bits per heavy atom. The summed E-state index contributed by atoms with van der Waals surface area (Å²) >= 11 is 0. The van der Waals surface area contributed by atoms with Crippen LogP contribution in [0.2, 0.25) is 0 Å². The maximum absolute atomic E-state index is 2.76. The molecule has 3 aliphatic heterocycles. The third-order valence-electron chi connectivity index (χ3n) is 5.39. The number of hydrogen-bond donors (Lipinski definition) is 0. The molecule has 0 amide bonds. The van der Waals surface area contributed by atoms with Crippen molar-refractivity contribution < 1.29 is 0 Å². The molecule has 1 heteroatoms. The molecule has 13 heavy (non-hydrogen) atoms. The lowest BCUT2D eigenvalue weighted by atomic mass is 9.56. The lowest BCUT2D eigenvalue weighted by molar-refractivity contribution is -0.135. The minimum Gasteiger partial charge on any atom is -0.297 e. The highest BCUT2D eigenvalue weighted by Crippen LogP contribution is 2.53. The maximum atomic E-state index is 2.76. The van der Waals surface area contributed by atoms with Gasteiger partial charge in [0.2, 0.25) is 0 Å². The Labute approximate surface area is 81.5 Å². The van der Waals surface area contributed by atoms with Crippen molar-refractivity contribution in [3.63, 3.8) is 0 Å². The maximum Gasteiger partial charge on any atom is 0.0181 e. The van der Waals surface area contributed by atoms with Crippen molar-refractivity contribution in [1.29, 1.82) is 0 Å². The Kier molecular flexibility index (Phi) is 1.47. The van der Waals surface area contributed by atoms with Crippen LogP contribution in [0.15, 0.2) is 0 Å². The van der Waals surface area contributed by atoms with Gasteiger partial charge in [-0.1, -0.05) is 6.92 Å². The van der Waals surface area contributed by atoms with Crippen LogP contribution in [0.5, 0.6) is 0 Å². The van der Waals surface area contributed by atoms with Gasteiger partial charge in [-0.05, 0) is 50.4 Å². The van der Waals surface area contributed by atoms with E-state index in [2.05, 4.69) is 25.7 Å². The van der Waals surface area contributed by atoms with E-state index in [0.717, 1.165) is 23.7 Å². The highest BCUT2D eigenvalue weighted by atomic mass is 15.2. The predicted molar refractivity (Wildman–Crippen MR) is 54.5 cm³/mol. The van der Waals surface area contributed by atoms with Crippen LogP contribution in [0, 0.1) is 23.7 Å². The molecule has 1 saturated carbocycles. The summed E-state index contributed by atoms with van der Waals surface area (Å²) in [6.45, 7) is 10.2. The topological polar surface area (TPSA) is 3.24 Å². The van der Waals surface area contributed by atoms with Crippen molar-refractivity contribution >= 4 is 0 Å². The third kappa shape index (κ3) is 0.918. The summed E-state index contributed by atoms with van der Waals surface area (Å²) in [7, 11) is 0. The van der Waals surface area contributed by atoms with Gasteiger partial charge in [-0.15, -0.1) is 0 Å². The van der Waals surface area contributed by atoms with Gasteiger partial charge in [0, 0.05) is 18.6 Å². The molecular formula is C12H21N. The summed E-state index contributed by atoms with van der Waals surface area (Å²) in [5.41, 5.74) is 0.521. The molecule has 0 aromatic heterocycles. The second kappa shape index (κ2) is 2.31. The molecular weight excluding hydrogens is 158 g/mol. The first-order chi connectivity index (χ1) is 6.09. The van der Waals surface area contributed by atoms with Crippen LogP contribution in [0.3, 0.4) is 0 Å². The monoisotopic (exact) mass is 179 g/mol. The lowest BCUT2D eigenvalue weighted by Crippen LogP contribution is -2.66. The lowest BCUT2D eigenvalue weighted by Gasteiger charge is -2.63. The fourth-order valence-electron chi connectivity index (χ4n) is 4.07. The molecule has 3 saturated heterocycles. The normalized spacial score (nSPS) is 57.0. The number of nitrogens with zero attached hydrogens (tertiary/aromatic N) is 1. The van der Waals surface area contributed by atoms with E-state index in [1.165, 1.54) is 25.9 Å². The van der Waals surface area contributed by atoms with Crippen molar-refractivity contribution in [2.45, 2.75) is 39.2 Å². The Morgan fingerprint density at radius 3 is 2.08 bits per heavy atom. The zero-order valence-corrected chi connectivity index (χ0v) is 9.09. The molecule has 1 nitrogen and oxygen atoms in total. The minimum atomic E-state index is 0.521. The van der Waals surface area contributed by atoms with Crippen molar-refractivity contribution in [2.75, 3.05) is 13.1 Å². The van der Waals surface area contributed by atoms with Crippen molar-refractivity contribution in [2.24, 2.45) is 23.7 Å². The molecule has 74 valence electrons. The zero-order chi connectivity index (χ0) is 9.22. The Bertz CT molecular complexity index is 199. The van der Waals surface area contributed by atoms with Crippen molar-refractivity contribution in [3.8, 4) is 0 Å². The van der Waals surface area contributed by atoms with Crippen LogP contribution in [0.25, 0.3) is 0 Å². The molecule has 2 unspecified atom stereocenters. The summed E-state index contributed by atoms with van der Waals surface area (Å²) in [6.07, 6.45) is 3.03. The summed E-state index contributed by atoms with van der Waals surface area (Å²) in [6, 6.07) is 0. The van der Waals surface area contributed by atoms with Crippen LogP contribution in [0.4, 0.5) is 0 Å². The Balaban J connectivity index is 1.95. The van der Waals surface area contributed by atoms with Crippen LogP contribution < -0.4 is 0 Å². The van der Waals surface area contributed by atoms with Crippen LogP contribution in [-0.4, -0.2) is 23.5 Å². The molecule has 2 atom stereocenters. The summed E-state index contributed by atoms with van der Waals surface area (Å²) in [4.78, 5) is 2.76. The van der Waals surface area contributed by atoms with Gasteiger partial charge in [0.05, 0.1) is 0 Å². The van der Waals surface area contributed by atoms with Crippen LogP contribution in [0.1, 0.15) is 33.6 Å².